The zero-order valence-corrected chi connectivity index (χ0v) is 13.5. The third-order valence-corrected chi connectivity index (χ3v) is 4.33. The minimum Gasteiger partial charge on any atom is -0.488 e. The van der Waals surface area contributed by atoms with Gasteiger partial charge < -0.3 is 10.1 Å². The summed E-state index contributed by atoms with van der Waals surface area (Å²) in [6, 6.07) is 13.4. The average molecular weight is 337 g/mol. The van der Waals surface area contributed by atoms with Crippen LogP contribution in [0.4, 0.5) is 4.39 Å². The Balaban J connectivity index is 1.58. The van der Waals surface area contributed by atoms with Crippen LogP contribution in [0.3, 0.4) is 0 Å². The number of H-pyrrole nitrogens is 1. The fourth-order valence-corrected chi connectivity index (χ4v) is 2.96. The van der Waals surface area contributed by atoms with E-state index in [9.17, 15) is 9.18 Å². The van der Waals surface area contributed by atoms with Gasteiger partial charge in [-0.15, -0.1) is 0 Å². The fraction of sp³-hybridized carbons (Fsp3) is 0.158. The number of amides is 1. The monoisotopic (exact) mass is 337 g/mol. The lowest BCUT2D eigenvalue weighted by Crippen LogP contribution is -2.28. The zero-order chi connectivity index (χ0) is 17.4. The second-order valence-corrected chi connectivity index (χ2v) is 5.96. The Hall–Kier alpha value is -3.15. The molecular weight excluding hydrogens is 321 g/mol. The molecule has 2 N–H and O–H groups in total. The van der Waals surface area contributed by atoms with Crippen molar-refractivity contribution in [2.24, 2.45) is 0 Å². The number of nitrogens with one attached hydrogen (secondary N) is 2. The summed E-state index contributed by atoms with van der Waals surface area (Å²) in [5.41, 5.74) is 3.55. The van der Waals surface area contributed by atoms with Gasteiger partial charge in [-0.3, -0.25) is 9.89 Å². The molecular formula is C19H16FN3O2. The molecule has 25 heavy (non-hydrogen) atoms. The number of carbonyl (C=O) groups is 1. The Labute approximate surface area is 143 Å². The summed E-state index contributed by atoms with van der Waals surface area (Å²) in [5, 5.41) is 10.0. The quantitative estimate of drug-likeness (QED) is 0.767. The Morgan fingerprint density at radius 1 is 1.24 bits per heavy atom. The van der Waals surface area contributed by atoms with Gasteiger partial charge in [0.2, 0.25) is 0 Å². The van der Waals surface area contributed by atoms with Gasteiger partial charge in [-0.25, -0.2) is 4.39 Å². The van der Waals surface area contributed by atoms with E-state index in [1.54, 1.807) is 12.1 Å². The van der Waals surface area contributed by atoms with E-state index in [-0.39, 0.29) is 24.4 Å². The normalized spacial score (nSPS) is 13.4. The van der Waals surface area contributed by atoms with Crippen LogP contribution >= 0.6 is 0 Å². The molecule has 0 aliphatic carbocycles. The fourth-order valence-electron chi connectivity index (χ4n) is 2.96. The van der Waals surface area contributed by atoms with Crippen LogP contribution in [0.2, 0.25) is 0 Å². The smallest absolute Gasteiger partial charge is 0.270 e. The van der Waals surface area contributed by atoms with Gasteiger partial charge in [0.1, 0.15) is 29.6 Å². The number of nitrogens with zero attached hydrogens (tertiary/aromatic N) is 1. The first-order chi connectivity index (χ1) is 12.1. The Morgan fingerprint density at radius 3 is 2.80 bits per heavy atom. The summed E-state index contributed by atoms with van der Waals surface area (Å²) in [6.45, 7) is 2.14. The number of hydrogen-bond donors (Lipinski definition) is 2. The molecule has 6 heteroatoms. The Morgan fingerprint density at radius 2 is 2.00 bits per heavy atom. The third kappa shape index (κ3) is 2.76. The maximum absolute atomic E-state index is 13.0. The van der Waals surface area contributed by atoms with Crippen molar-refractivity contribution >= 4 is 5.91 Å². The molecule has 0 radical (unpaired) electrons. The number of hydrogen-bond acceptors (Lipinski definition) is 3. The molecule has 1 aliphatic heterocycles. The highest BCUT2D eigenvalue weighted by atomic mass is 19.1. The minimum atomic E-state index is -0.305. The van der Waals surface area contributed by atoms with Crippen molar-refractivity contribution in [3.8, 4) is 17.0 Å². The SMILES string of the molecule is CC(NC(=O)c1[nH]nc2c1COc1ccccc1-2)c1ccc(F)cc1. The summed E-state index contributed by atoms with van der Waals surface area (Å²) >= 11 is 0. The number of para-hydroxylation sites is 1. The summed E-state index contributed by atoms with van der Waals surface area (Å²) in [5.74, 6) is 0.183. The summed E-state index contributed by atoms with van der Waals surface area (Å²) in [4.78, 5) is 12.6. The molecule has 1 aromatic heterocycles. The molecule has 1 atom stereocenters. The van der Waals surface area contributed by atoms with E-state index in [0.717, 1.165) is 28.1 Å². The van der Waals surface area contributed by atoms with Gasteiger partial charge in [0.25, 0.3) is 5.91 Å². The highest BCUT2D eigenvalue weighted by molar-refractivity contribution is 5.96. The second-order valence-electron chi connectivity index (χ2n) is 5.96. The number of fused-ring (bicyclic) bond motifs is 3. The van der Waals surface area contributed by atoms with Gasteiger partial charge in [-0.1, -0.05) is 24.3 Å². The van der Waals surface area contributed by atoms with Crippen LogP contribution in [-0.2, 0) is 6.61 Å². The predicted octanol–water partition coefficient (Wildman–Crippen LogP) is 3.60. The molecule has 2 aromatic carbocycles. The molecule has 1 unspecified atom stereocenters. The van der Waals surface area contributed by atoms with Crippen LogP contribution in [0, 0.1) is 5.82 Å². The van der Waals surface area contributed by atoms with Crippen LogP contribution in [0.25, 0.3) is 11.3 Å². The third-order valence-electron chi connectivity index (χ3n) is 4.33. The van der Waals surface area contributed by atoms with Gasteiger partial charge in [-0.05, 0) is 36.8 Å². The van der Waals surface area contributed by atoms with Crippen molar-refractivity contribution in [1.29, 1.82) is 0 Å². The van der Waals surface area contributed by atoms with Gasteiger partial charge in [0.15, 0.2) is 0 Å². The van der Waals surface area contributed by atoms with E-state index < -0.39 is 0 Å². The number of aromatic amines is 1. The number of benzene rings is 2. The van der Waals surface area contributed by atoms with E-state index in [2.05, 4.69) is 15.5 Å². The molecule has 2 heterocycles. The van der Waals surface area contributed by atoms with E-state index in [4.69, 9.17) is 4.74 Å². The summed E-state index contributed by atoms with van der Waals surface area (Å²) < 4.78 is 18.8. The largest absolute Gasteiger partial charge is 0.488 e. The lowest BCUT2D eigenvalue weighted by atomic mass is 10.0. The van der Waals surface area contributed by atoms with Crippen molar-refractivity contribution in [1.82, 2.24) is 15.5 Å². The number of carbonyl (C=O) groups excluding carboxylic acids is 1. The highest BCUT2D eigenvalue weighted by Gasteiger charge is 2.26. The Kier molecular flexibility index (Phi) is 3.72. The van der Waals surface area contributed by atoms with Crippen LogP contribution in [-0.4, -0.2) is 16.1 Å². The average Bonchev–Trinajstić information content (AvgIpc) is 3.07. The first-order valence-corrected chi connectivity index (χ1v) is 7.99. The zero-order valence-electron chi connectivity index (χ0n) is 13.5. The van der Waals surface area contributed by atoms with Crippen molar-refractivity contribution in [3.05, 3.63) is 71.2 Å². The number of rotatable bonds is 3. The first-order valence-electron chi connectivity index (χ1n) is 7.99. The van der Waals surface area contributed by atoms with Crippen molar-refractivity contribution in [2.75, 3.05) is 0 Å². The van der Waals surface area contributed by atoms with Crippen LogP contribution < -0.4 is 10.1 Å². The maximum Gasteiger partial charge on any atom is 0.270 e. The van der Waals surface area contributed by atoms with Crippen LogP contribution in [0.5, 0.6) is 5.75 Å². The maximum atomic E-state index is 13.0. The molecule has 126 valence electrons. The lowest BCUT2D eigenvalue weighted by molar-refractivity contribution is 0.0932. The predicted molar refractivity (Wildman–Crippen MR) is 90.6 cm³/mol. The molecule has 0 saturated carbocycles. The standard InChI is InChI=1S/C19H16FN3O2/c1-11(12-6-8-13(20)9-7-12)21-19(24)18-15-10-25-16-5-3-2-4-14(16)17(15)22-23-18/h2-9,11H,10H2,1H3,(H,21,24)(H,22,23). The molecule has 1 aliphatic rings. The number of aromatic nitrogens is 2. The molecule has 3 aromatic rings. The van der Waals surface area contributed by atoms with Crippen molar-refractivity contribution in [2.45, 2.75) is 19.6 Å². The Bertz CT molecular complexity index is 934. The minimum absolute atomic E-state index is 0.260. The van der Waals surface area contributed by atoms with Gasteiger partial charge in [0.05, 0.1) is 6.04 Å². The van der Waals surface area contributed by atoms with E-state index in [1.807, 2.05) is 31.2 Å². The molecule has 0 saturated heterocycles. The molecule has 5 nitrogen and oxygen atoms in total. The molecule has 4 rings (SSSR count). The van der Waals surface area contributed by atoms with Gasteiger partial charge >= 0.3 is 0 Å². The van der Waals surface area contributed by atoms with Crippen molar-refractivity contribution in [3.63, 3.8) is 0 Å². The van der Waals surface area contributed by atoms with E-state index in [1.165, 1.54) is 12.1 Å². The summed E-state index contributed by atoms with van der Waals surface area (Å²) in [7, 11) is 0. The highest BCUT2D eigenvalue weighted by Crippen LogP contribution is 2.37. The van der Waals surface area contributed by atoms with Gasteiger partial charge in [-0.2, -0.15) is 5.10 Å². The molecule has 0 fully saturated rings. The van der Waals surface area contributed by atoms with Gasteiger partial charge in [0, 0.05) is 11.1 Å². The second kappa shape index (κ2) is 6.05. The molecule has 0 spiro atoms. The van der Waals surface area contributed by atoms with E-state index >= 15 is 0 Å². The molecule has 0 bridgehead atoms. The van der Waals surface area contributed by atoms with Crippen molar-refractivity contribution < 1.29 is 13.9 Å². The number of halogens is 1. The van der Waals surface area contributed by atoms with Crippen LogP contribution in [0.1, 0.15) is 34.6 Å². The van der Waals surface area contributed by atoms with Crippen LogP contribution in [0.15, 0.2) is 48.5 Å². The lowest BCUT2D eigenvalue weighted by Gasteiger charge is -2.18. The molecule has 1 amide bonds. The topological polar surface area (TPSA) is 67.0 Å². The first kappa shape index (κ1) is 15.4. The van der Waals surface area contributed by atoms with E-state index in [0.29, 0.717) is 5.69 Å². The summed E-state index contributed by atoms with van der Waals surface area (Å²) in [6.07, 6.45) is 0. The number of ether oxygens (including phenoxy) is 1.